The lowest BCUT2D eigenvalue weighted by Crippen LogP contribution is -2.28. The number of halogens is 2. The Bertz CT molecular complexity index is 301. The summed E-state index contributed by atoms with van der Waals surface area (Å²) in [6, 6.07) is 6.75. The molecule has 0 spiro atoms. The van der Waals surface area contributed by atoms with Crippen molar-refractivity contribution in [3.05, 3.63) is 33.8 Å². The average molecular weight is 263 g/mol. The first-order chi connectivity index (χ1) is 5.77. The van der Waals surface area contributed by atoms with Gasteiger partial charge in [0.2, 0.25) is 0 Å². The van der Waals surface area contributed by atoms with Crippen molar-refractivity contribution in [2.75, 3.05) is 0 Å². The highest BCUT2D eigenvalue weighted by Crippen LogP contribution is 2.27. The van der Waals surface area contributed by atoms with E-state index >= 15 is 0 Å². The van der Waals surface area contributed by atoms with Gasteiger partial charge in [-0.15, -0.1) is 12.4 Å². The monoisotopic (exact) mass is 261 g/mol. The number of aryl methyl sites for hydroxylation is 1. The fourth-order valence-corrected chi connectivity index (χ4v) is 2.34. The molecule has 0 heterocycles. The van der Waals surface area contributed by atoms with Gasteiger partial charge in [-0.2, -0.15) is 0 Å². The summed E-state index contributed by atoms with van der Waals surface area (Å²) in [5.41, 5.74) is 8.77. The molecular weight excluding hydrogens is 249 g/mol. The highest BCUT2D eigenvalue weighted by molar-refractivity contribution is 9.10. The minimum Gasteiger partial charge on any atom is -0.327 e. The van der Waals surface area contributed by atoms with Crippen LogP contribution in [0.25, 0.3) is 0 Å². The normalized spacial score (nSPS) is 20.3. The van der Waals surface area contributed by atoms with Crippen LogP contribution in [0.3, 0.4) is 0 Å². The third-order valence-electron chi connectivity index (χ3n) is 2.47. The Morgan fingerprint density at radius 1 is 1.38 bits per heavy atom. The Morgan fingerprint density at radius 2 is 2.15 bits per heavy atom. The van der Waals surface area contributed by atoms with Gasteiger partial charge in [0.15, 0.2) is 0 Å². The lowest BCUT2D eigenvalue weighted by atomic mass is 9.89. The second-order valence-corrected chi connectivity index (χ2v) is 4.23. The van der Waals surface area contributed by atoms with Gasteiger partial charge in [0.25, 0.3) is 0 Å². The van der Waals surface area contributed by atoms with E-state index in [9.17, 15) is 0 Å². The molecule has 1 unspecified atom stereocenters. The van der Waals surface area contributed by atoms with Gasteiger partial charge in [-0.05, 0) is 36.5 Å². The highest BCUT2D eigenvalue weighted by atomic mass is 79.9. The van der Waals surface area contributed by atoms with Crippen molar-refractivity contribution in [2.45, 2.75) is 25.3 Å². The summed E-state index contributed by atoms with van der Waals surface area (Å²) in [6.07, 6.45) is 3.29. The Hall–Kier alpha value is -0.0500. The van der Waals surface area contributed by atoms with Crippen LogP contribution in [0.5, 0.6) is 0 Å². The van der Waals surface area contributed by atoms with Gasteiger partial charge in [-0.1, -0.05) is 28.1 Å². The van der Waals surface area contributed by atoms with Crippen LogP contribution < -0.4 is 5.73 Å². The molecule has 0 saturated heterocycles. The van der Waals surface area contributed by atoms with Gasteiger partial charge in [0, 0.05) is 10.5 Å². The first-order valence-electron chi connectivity index (χ1n) is 4.29. The quantitative estimate of drug-likeness (QED) is 0.764. The fourth-order valence-electron chi connectivity index (χ4n) is 1.77. The summed E-state index contributed by atoms with van der Waals surface area (Å²) in [5.74, 6) is 0. The summed E-state index contributed by atoms with van der Waals surface area (Å²) in [4.78, 5) is 0. The number of benzene rings is 1. The first kappa shape index (κ1) is 11.0. The van der Waals surface area contributed by atoms with Crippen LogP contribution in [0, 0.1) is 0 Å². The van der Waals surface area contributed by atoms with Crippen molar-refractivity contribution in [2.24, 2.45) is 5.73 Å². The van der Waals surface area contributed by atoms with Gasteiger partial charge >= 0.3 is 0 Å². The highest BCUT2D eigenvalue weighted by Gasteiger charge is 2.16. The van der Waals surface area contributed by atoms with E-state index in [0.717, 1.165) is 19.3 Å². The molecule has 0 saturated carbocycles. The zero-order chi connectivity index (χ0) is 8.55. The molecule has 13 heavy (non-hydrogen) atoms. The second-order valence-electron chi connectivity index (χ2n) is 3.38. The maximum Gasteiger partial charge on any atom is 0.0210 e. The number of hydrogen-bond donors (Lipinski definition) is 1. The van der Waals surface area contributed by atoms with Crippen LogP contribution in [0.15, 0.2) is 22.7 Å². The molecule has 2 N–H and O–H groups in total. The Morgan fingerprint density at radius 3 is 2.92 bits per heavy atom. The largest absolute Gasteiger partial charge is 0.327 e. The van der Waals surface area contributed by atoms with Crippen LogP contribution in [0.2, 0.25) is 0 Å². The summed E-state index contributed by atoms with van der Waals surface area (Å²) in [5, 5.41) is 0. The maximum absolute atomic E-state index is 5.90. The van der Waals surface area contributed by atoms with E-state index in [-0.39, 0.29) is 12.4 Å². The van der Waals surface area contributed by atoms with Gasteiger partial charge in [0.05, 0.1) is 0 Å². The van der Waals surface area contributed by atoms with Crippen LogP contribution >= 0.6 is 28.3 Å². The van der Waals surface area contributed by atoms with Crippen molar-refractivity contribution in [1.29, 1.82) is 0 Å². The van der Waals surface area contributed by atoms with Crippen molar-refractivity contribution >= 4 is 28.3 Å². The minimum absolute atomic E-state index is 0. The lowest BCUT2D eigenvalue weighted by Gasteiger charge is -2.22. The Labute approximate surface area is 93.2 Å². The molecule has 1 aliphatic carbocycles. The zero-order valence-electron chi connectivity index (χ0n) is 7.29. The Kier molecular flexibility index (Phi) is 3.77. The van der Waals surface area contributed by atoms with Crippen molar-refractivity contribution < 1.29 is 0 Å². The first-order valence-corrected chi connectivity index (χ1v) is 5.08. The van der Waals surface area contributed by atoms with Crippen LogP contribution in [0.4, 0.5) is 0 Å². The van der Waals surface area contributed by atoms with E-state index in [1.54, 1.807) is 0 Å². The molecule has 0 fully saturated rings. The van der Waals surface area contributed by atoms with E-state index < -0.39 is 0 Å². The molecule has 1 aromatic carbocycles. The number of rotatable bonds is 0. The maximum atomic E-state index is 5.90. The lowest BCUT2D eigenvalue weighted by molar-refractivity contribution is 0.575. The molecule has 1 aromatic rings. The van der Waals surface area contributed by atoms with Gasteiger partial charge in [-0.3, -0.25) is 0 Å². The molecule has 0 bridgehead atoms. The predicted octanol–water partition coefficient (Wildman–Crippen LogP) is 2.69. The number of hydrogen-bond acceptors (Lipinski definition) is 1. The van der Waals surface area contributed by atoms with Gasteiger partial charge in [0.1, 0.15) is 0 Å². The molecule has 2 rings (SSSR count). The van der Waals surface area contributed by atoms with Crippen molar-refractivity contribution in [3.63, 3.8) is 0 Å². The summed E-state index contributed by atoms with van der Waals surface area (Å²) in [6.45, 7) is 0. The molecule has 0 aliphatic heterocycles. The van der Waals surface area contributed by atoms with Crippen LogP contribution in [-0.2, 0) is 12.8 Å². The standard InChI is InChI=1S/C10H12BrN.ClH/c11-10-3-1-2-7-4-5-8(12)6-9(7)10;/h1-3,8H,4-6,12H2;1H. The molecule has 3 heteroatoms. The topological polar surface area (TPSA) is 26.0 Å². The molecule has 1 nitrogen and oxygen atoms in total. The molecular formula is C10H13BrClN. The second kappa shape index (κ2) is 4.45. The molecule has 0 aromatic heterocycles. The minimum atomic E-state index is 0. The molecule has 72 valence electrons. The van der Waals surface area contributed by atoms with Crippen molar-refractivity contribution in [3.8, 4) is 0 Å². The van der Waals surface area contributed by atoms with Gasteiger partial charge in [-0.25, -0.2) is 0 Å². The van der Waals surface area contributed by atoms with Crippen LogP contribution in [-0.4, -0.2) is 6.04 Å². The number of nitrogens with two attached hydrogens (primary N) is 1. The number of fused-ring (bicyclic) bond motifs is 1. The fraction of sp³-hybridized carbons (Fsp3) is 0.400. The molecule has 0 radical (unpaired) electrons. The molecule has 1 atom stereocenters. The SMILES string of the molecule is Cl.NC1CCc2cccc(Br)c2C1. The Balaban J connectivity index is 0.000000845. The van der Waals surface area contributed by atoms with Gasteiger partial charge < -0.3 is 5.73 Å². The summed E-state index contributed by atoms with van der Waals surface area (Å²) < 4.78 is 1.22. The van der Waals surface area contributed by atoms with Crippen molar-refractivity contribution in [1.82, 2.24) is 0 Å². The molecule has 0 amide bonds. The molecule has 1 aliphatic rings. The van der Waals surface area contributed by atoms with E-state index in [0.29, 0.717) is 6.04 Å². The smallest absolute Gasteiger partial charge is 0.0210 e. The van der Waals surface area contributed by atoms with E-state index in [4.69, 9.17) is 5.73 Å². The zero-order valence-corrected chi connectivity index (χ0v) is 9.70. The third kappa shape index (κ3) is 2.25. The summed E-state index contributed by atoms with van der Waals surface area (Å²) >= 11 is 3.55. The summed E-state index contributed by atoms with van der Waals surface area (Å²) in [7, 11) is 0. The van der Waals surface area contributed by atoms with Crippen LogP contribution in [0.1, 0.15) is 17.5 Å². The van der Waals surface area contributed by atoms with E-state index in [2.05, 4.69) is 34.1 Å². The van der Waals surface area contributed by atoms with E-state index in [1.807, 2.05) is 0 Å². The average Bonchev–Trinajstić information content (AvgIpc) is 2.07. The predicted molar refractivity (Wildman–Crippen MR) is 61.4 cm³/mol. The van der Waals surface area contributed by atoms with E-state index in [1.165, 1.54) is 15.6 Å². The third-order valence-corrected chi connectivity index (χ3v) is 3.21.